The summed E-state index contributed by atoms with van der Waals surface area (Å²) >= 11 is 0. The monoisotopic (exact) mass is 287 g/mol. The molecule has 0 bridgehead atoms. The van der Waals surface area contributed by atoms with E-state index in [9.17, 15) is 9.90 Å². The van der Waals surface area contributed by atoms with Crippen LogP contribution in [0.4, 0.5) is 0 Å². The Balaban J connectivity index is 2.03. The van der Waals surface area contributed by atoms with E-state index >= 15 is 0 Å². The van der Waals surface area contributed by atoms with Crippen LogP contribution in [-0.2, 0) is 4.79 Å². The molecule has 1 spiro atoms. The fourth-order valence-electron chi connectivity index (χ4n) is 3.91. The molecular formula is C12H24BN2O5-. The van der Waals surface area contributed by atoms with Crippen LogP contribution in [0.5, 0.6) is 0 Å². The molecule has 1 aliphatic heterocycles. The van der Waals surface area contributed by atoms with Gasteiger partial charge in [0.15, 0.2) is 0 Å². The largest absolute Gasteiger partial charge is 0.560 e. The minimum absolute atomic E-state index is 0.0440. The van der Waals surface area contributed by atoms with Crippen LogP contribution in [0.15, 0.2) is 0 Å². The van der Waals surface area contributed by atoms with Crippen molar-refractivity contribution in [3.63, 3.8) is 0 Å². The molecule has 0 radical (unpaired) electrons. The van der Waals surface area contributed by atoms with Gasteiger partial charge in [-0.3, -0.25) is 4.79 Å². The number of nitrogens with one attached hydrogen (secondary N) is 1. The third-order valence-electron chi connectivity index (χ3n) is 4.95. The van der Waals surface area contributed by atoms with Gasteiger partial charge in [-0.05, 0) is 37.1 Å². The number of hydrogen-bond donors (Lipinski definition) is 6. The van der Waals surface area contributed by atoms with E-state index in [4.69, 9.17) is 20.8 Å². The Kier molecular flexibility index (Phi) is 4.14. The second-order valence-electron chi connectivity index (χ2n) is 6.68. The van der Waals surface area contributed by atoms with Crippen molar-refractivity contribution in [3.05, 3.63) is 0 Å². The lowest BCUT2D eigenvalue weighted by Crippen LogP contribution is -2.51. The van der Waals surface area contributed by atoms with Gasteiger partial charge in [-0.2, -0.15) is 0 Å². The molecule has 116 valence electrons. The summed E-state index contributed by atoms with van der Waals surface area (Å²) in [5.41, 5.74) is 4.85. The molecule has 1 saturated carbocycles. The molecule has 20 heavy (non-hydrogen) atoms. The second kappa shape index (κ2) is 5.27. The smallest absolute Gasteiger partial charge is 0.371 e. The first-order valence-electron chi connectivity index (χ1n) is 7.23. The van der Waals surface area contributed by atoms with Gasteiger partial charge < -0.3 is 31.2 Å². The predicted octanol–water partition coefficient (Wildman–Crippen LogP) is -1.15. The van der Waals surface area contributed by atoms with Crippen LogP contribution in [0.3, 0.4) is 0 Å². The standard InChI is InChI=1S/C12H24BN2O5/c14-12(10(16)17)7-11(3-5-15-8-11)6-9(12)2-1-4-13(18,19)20/h9,15,18-20H,1-8,14H2,(H,16,17)/q-1/t9-,11-,12-/m0/s1. The van der Waals surface area contributed by atoms with Crippen LogP contribution < -0.4 is 11.1 Å². The van der Waals surface area contributed by atoms with Crippen molar-refractivity contribution < 1.29 is 25.0 Å². The van der Waals surface area contributed by atoms with E-state index in [1.165, 1.54) is 0 Å². The van der Waals surface area contributed by atoms with E-state index in [-0.39, 0.29) is 17.7 Å². The van der Waals surface area contributed by atoms with Crippen LogP contribution >= 0.6 is 0 Å². The molecule has 2 fully saturated rings. The van der Waals surface area contributed by atoms with Crippen LogP contribution in [0.1, 0.15) is 32.1 Å². The van der Waals surface area contributed by atoms with Crippen LogP contribution in [0.25, 0.3) is 0 Å². The number of rotatable bonds is 5. The fourth-order valence-corrected chi connectivity index (χ4v) is 3.91. The van der Waals surface area contributed by atoms with Gasteiger partial charge in [-0.1, -0.05) is 19.2 Å². The average Bonchev–Trinajstić information content (AvgIpc) is 2.84. The first-order chi connectivity index (χ1) is 9.17. The van der Waals surface area contributed by atoms with Crippen LogP contribution in [0, 0.1) is 11.3 Å². The lowest BCUT2D eigenvalue weighted by Gasteiger charge is -2.28. The average molecular weight is 287 g/mol. The quantitative estimate of drug-likeness (QED) is 0.351. The Hall–Kier alpha value is -0.665. The maximum atomic E-state index is 11.5. The van der Waals surface area contributed by atoms with Gasteiger partial charge in [-0.25, -0.2) is 0 Å². The van der Waals surface area contributed by atoms with E-state index < -0.39 is 18.3 Å². The van der Waals surface area contributed by atoms with E-state index in [1.54, 1.807) is 0 Å². The molecule has 8 heteroatoms. The summed E-state index contributed by atoms with van der Waals surface area (Å²) in [6.07, 6.45) is 2.83. The first kappa shape index (κ1) is 15.7. The zero-order chi connectivity index (χ0) is 15.0. The Bertz CT molecular complexity index is 381. The van der Waals surface area contributed by atoms with Crippen molar-refractivity contribution in [1.82, 2.24) is 5.32 Å². The maximum absolute atomic E-state index is 11.5. The molecule has 2 aliphatic rings. The number of carboxylic acids is 1. The molecule has 0 unspecified atom stereocenters. The van der Waals surface area contributed by atoms with Crippen molar-refractivity contribution in [3.8, 4) is 0 Å². The number of nitrogens with two attached hydrogens (primary N) is 1. The molecule has 0 aromatic heterocycles. The van der Waals surface area contributed by atoms with Crippen LogP contribution in [-0.4, -0.2) is 51.5 Å². The van der Waals surface area contributed by atoms with Gasteiger partial charge in [0.2, 0.25) is 0 Å². The normalized spacial score (nSPS) is 37.7. The summed E-state index contributed by atoms with van der Waals surface area (Å²) in [5.74, 6) is -1.18. The third-order valence-corrected chi connectivity index (χ3v) is 4.95. The van der Waals surface area contributed by atoms with Crippen molar-refractivity contribution >= 4 is 12.7 Å². The minimum atomic E-state index is -3.30. The molecule has 0 aromatic carbocycles. The highest BCUT2D eigenvalue weighted by molar-refractivity contribution is 6.56. The summed E-state index contributed by atoms with van der Waals surface area (Å²) < 4.78 is 0. The molecule has 3 atom stereocenters. The van der Waals surface area contributed by atoms with E-state index in [0.29, 0.717) is 19.3 Å². The van der Waals surface area contributed by atoms with Crippen molar-refractivity contribution in [2.75, 3.05) is 13.1 Å². The fraction of sp³-hybridized carbons (Fsp3) is 0.917. The van der Waals surface area contributed by atoms with Gasteiger partial charge >= 0.3 is 12.7 Å². The predicted molar refractivity (Wildman–Crippen MR) is 73.6 cm³/mol. The molecule has 2 rings (SSSR count). The van der Waals surface area contributed by atoms with E-state index in [2.05, 4.69) is 5.32 Å². The van der Waals surface area contributed by atoms with Gasteiger partial charge in [0.25, 0.3) is 0 Å². The maximum Gasteiger partial charge on any atom is 0.371 e. The molecule has 1 saturated heterocycles. The highest BCUT2D eigenvalue weighted by Gasteiger charge is 2.56. The van der Waals surface area contributed by atoms with E-state index in [0.717, 1.165) is 25.9 Å². The Morgan fingerprint density at radius 3 is 2.60 bits per heavy atom. The highest BCUT2D eigenvalue weighted by atomic mass is 16.5. The number of aliphatic carboxylic acids is 1. The Morgan fingerprint density at radius 1 is 1.40 bits per heavy atom. The second-order valence-corrected chi connectivity index (χ2v) is 6.68. The third kappa shape index (κ3) is 3.15. The zero-order valence-corrected chi connectivity index (χ0v) is 11.6. The Morgan fingerprint density at radius 2 is 2.10 bits per heavy atom. The number of carbonyl (C=O) groups is 1. The van der Waals surface area contributed by atoms with Crippen molar-refractivity contribution in [1.29, 1.82) is 0 Å². The number of hydrogen-bond acceptors (Lipinski definition) is 6. The SMILES string of the molecule is N[C@@]1(C(=O)O)C[C@]2(CCNC2)C[C@@H]1CCC[B-](O)(O)O. The topological polar surface area (TPSA) is 136 Å². The number of carboxylic acid groups (broad SMARTS) is 1. The summed E-state index contributed by atoms with van der Waals surface area (Å²) in [4.78, 5) is 11.5. The van der Waals surface area contributed by atoms with Crippen molar-refractivity contribution in [2.45, 2.75) is 44.0 Å². The summed E-state index contributed by atoms with van der Waals surface area (Å²) in [7, 11) is 0. The molecule has 7 N–H and O–H groups in total. The van der Waals surface area contributed by atoms with E-state index in [1.807, 2.05) is 0 Å². The van der Waals surface area contributed by atoms with Crippen LogP contribution in [0.2, 0.25) is 6.32 Å². The van der Waals surface area contributed by atoms with Crippen molar-refractivity contribution in [2.24, 2.45) is 17.1 Å². The van der Waals surface area contributed by atoms with Gasteiger partial charge in [0.1, 0.15) is 5.54 Å². The molecule has 1 aliphatic carbocycles. The zero-order valence-electron chi connectivity index (χ0n) is 11.6. The first-order valence-corrected chi connectivity index (χ1v) is 7.23. The molecule has 7 nitrogen and oxygen atoms in total. The van der Waals surface area contributed by atoms with Gasteiger partial charge in [0.05, 0.1) is 0 Å². The summed E-state index contributed by atoms with van der Waals surface area (Å²) in [6, 6.07) is 0. The molecule has 1 heterocycles. The molecule has 0 aromatic rings. The van der Waals surface area contributed by atoms with Gasteiger partial charge in [-0.15, -0.1) is 0 Å². The lowest BCUT2D eigenvalue weighted by molar-refractivity contribution is -0.145. The summed E-state index contributed by atoms with van der Waals surface area (Å²) in [5, 5.41) is 39.6. The molecular weight excluding hydrogens is 263 g/mol. The minimum Gasteiger partial charge on any atom is -0.560 e. The summed E-state index contributed by atoms with van der Waals surface area (Å²) in [6.45, 7) is -1.62. The molecule has 0 amide bonds. The van der Waals surface area contributed by atoms with Gasteiger partial charge in [0, 0.05) is 6.54 Å². The lowest BCUT2D eigenvalue weighted by atomic mass is 9.72. The Labute approximate surface area is 118 Å². The highest BCUT2D eigenvalue weighted by Crippen LogP contribution is 2.51.